The fourth-order valence-corrected chi connectivity index (χ4v) is 4.37. The average Bonchev–Trinajstić information content (AvgIpc) is 2.64. The summed E-state index contributed by atoms with van der Waals surface area (Å²) in [6.45, 7) is 2.46. The van der Waals surface area contributed by atoms with Gasteiger partial charge in [0.15, 0.2) is 0 Å². The molecule has 0 radical (unpaired) electrons. The number of para-hydroxylation sites is 1. The van der Waals surface area contributed by atoms with Gasteiger partial charge in [0.2, 0.25) is 21.7 Å². The quantitative estimate of drug-likeness (QED) is 0.440. The predicted molar refractivity (Wildman–Crippen MR) is 107 cm³/mol. The molecular formula is C18H16N4O7S. The van der Waals surface area contributed by atoms with E-state index in [0.717, 1.165) is 0 Å². The molecule has 0 aliphatic rings. The Labute approximate surface area is 168 Å². The first-order chi connectivity index (χ1) is 14.0. The van der Waals surface area contributed by atoms with Crippen LogP contribution in [0.4, 0.5) is 11.4 Å². The number of fused-ring (bicyclic) bond motifs is 1. The Bertz CT molecular complexity index is 1390. The average molecular weight is 432 g/mol. The van der Waals surface area contributed by atoms with Gasteiger partial charge >= 0.3 is 5.69 Å². The minimum absolute atomic E-state index is 0.110. The Morgan fingerprint density at radius 2 is 1.57 bits per heavy atom. The summed E-state index contributed by atoms with van der Waals surface area (Å²) in [5.41, 5.74) is -2.36. The summed E-state index contributed by atoms with van der Waals surface area (Å²) in [5.74, 6) is -0.923. The van der Waals surface area contributed by atoms with E-state index < -0.39 is 37.8 Å². The number of sulfone groups is 1. The highest BCUT2D eigenvalue weighted by Gasteiger charge is 2.24. The fraction of sp³-hybridized carbons (Fsp3) is 0.111. The lowest BCUT2D eigenvalue weighted by Gasteiger charge is -2.12. The third kappa shape index (κ3) is 3.80. The van der Waals surface area contributed by atoms with E-state index in [1.165, 1.54) is 50.2 Å². The first kappa shape index (κ1) is 20.8. The molecule has 0 unspecified atom stereocenters. The van der Waals surface area contributed by atoms with Crippen LogP contribution in [0.15, 0.2) is 55.8 Å². The van der Waals surface area contributed by atoms with Crippen LogP contribution in [0.1, 0.15) is 13.8 Å². The fourth-order valence-electron chi connectivity index (χ4n) is 2.86. The number of anilines is 2. The van der Waals surface area contributed by atoms with E-state index in [1.54, 1.807) is 0 Å². The third-order valence-electron chi connectivity index (χ3n) is 4.02. The van der Waals surface area contributed by atoms with Crippen molar-refractivity contribution in [3.8, 4) is 0 Å². The molecule has 4 N–H and O–H groups in total. The van der Waals surface area contributed by atoms with Gasteiger partial charge in [0.1, 0.15) is 0 Å². The second-order valence-corrected chi connectivity index (χ2v) is 8.26. The smallest absolute Gasteiger partial charge is 0.362 e. The molecule has 2 aromatic carbocycles. The molecule has 0 aliphatic heterocycles. The van der Waals surface area contributed by atoms with Crippen molar-refractivity contribution in [3.63, 3.8) is 0 Å². The summed E-state index contributed by atoms with van der Waals surface area (Å²) in [6.07, 6.45) is 0. The van der Waals surface area contributed by atoms with Crippen molar-refractivity contribution in [3.05, 3.63) is 57.2 Å². The molecule has 3 aromatic rings. The number of hydrogen-bond acceptors (Lipinski definition) is 7. The van der Waals surface area contributed by atoms with E-state index in [-0.39, 0.29) is 31.9 Å². The Kier molecular flexibility index (Phi) is 5.18. The van der Waals surface area contributed by atoms with Crippen molar-refractivity contribution in [2.45, 2.75) is 23.6 Å². The van der Waals surface area contributed by atoms with E-state index >= 15 is 0 Å². The van der Waals surface area contributed by atoms with Gasteiger partial charge in [0.05, 0.1) is 20.7 Å². The molecule has 0 saturated heterocycles. The zero-order valence-corrected chi connectivity index (χ0v) is 16.5. The molecule has 1 heterocycles. The molecule has 0 atom stereocenters. The second-order valence-electron chi connectivity index (χ2n) is 6.34. The van der Waals surface area contributed by atoms with Crippen molar-refractivity contribution in [1.29, 1.82) is 0 Å². The van der Waals surface area contributed by atoms with Crippen LogP contribution < -0.4 is 21.9 Å². The molecule has 3 rings (SSSR count). The lowest BCUT2D eigenvalue weighted by atomic mass is 10.2. The lowest BCUT2D eigenvalue weighted by molar-refractivity contribution is -0.115. The van der Waals surface area contributed by atoms with Gasteiger partial charge in [-0.1, -0.05) is 10.8 Å². The summed E-state index contributed by atoms with van der Waals surface area (Å²) < 4.78 is 26.5. The van der Waals surface area contributed by atoms with Crippen LogP contribution in [0.5, 0.6) is 0 Å². The second kappa shape index (κ2) is 7.48. The van der Waals surface area contributed by atoms with Crippen molar-refractivity contribution in [2.24, 2.45) is 0 Å². The highest BCUT2D eigenvalue weighted by atomic mass is 32.2. The molecule has 30 heavy (non-hydrogen) atoms. The minimum Gasteiger partial charge on any atom is -0.421 e. The number of amides is 2. The highest BCUT2D eigenvalue weighted by molar-refractivity contribution is 7.91. The minimum atomic E-state index is -4.33. The van der Waals surface area contributed by atoms with E-state index in [4.69, 9.17) is 0 Å². The number of benzene rings is 2. The zero-order chi connectivity index (χ0) is 22.2. The summed E-state index contributed by atoms with van der Waals surface area (Å²) in [6, 6.07) is 7.42. The number of aromatic amines is 1. The van der Waals surface area contributed by atoms with Gasteiger partial charge in [0.25, 0.3) is 5.56 Å². The Hall–Kier alpha value is -3.93. The van der Waals surface area contributed by atoms with Crippen LogP contribution in [0.25, 0.3) is 10.9 Å². The van der Waals surface area contributed by atoms with Crippen molar-refractivity contribution in [1.82, 2.24) is 9.71 Å². The number of hydrogen-bond donors (Lipinski definition) is 4. The van der Waals surface area contributed by atoms with Gasteiger partial charge in [-0.2, -0.15) is 0 Å². The van der Waals surface area contributed by atoms with Crippen LogP contribution in [-0.2, 0) is 19.4 Å². The number of carbonyl (C=O) groups excluding carboxylic acids is 2. The summed E-state index contributed by atoms with van der Waals surface area (Å²) >= 11 is 0. The molecule has 0 aliphatic carbocycles. The van der Waals surface area contributed by atoms with E-state index in [9.17, 15) is 32.8 Å². The number of rotatable bonds is 4. The van der Waals surface area contributed by atoms with E-state index in [2.05, 4.69) is 15.6 Å². The molecule has 0 spiro atoms. The Morgan fingerprint density at radius 3 is 2.10 bits per heavy atom. The number of H-pyrrole nitrogens is 1. The van der Waals surface area contributed by atoms with Gasteiger partial charge < -0.3 is 20.8 Å². The zero-order valence-electron chi connectivity index (χ0n) is 15.7. The Morgan fingerprint density at radius 1 is 1.00 bits per heavy atom. The van der Waals surface area contributed by atoms with Crippen LogP contribution in [0.2, 0.25) is 0 Å². The number of aromatic nitrogens is 2. The summed E-state index contributed by atoms with van der Waals surface area (Å²) in [4.78, 5) is 48.2. The largest absolute Gasteiger partial charge is 0.421 e. The maximum Gasteiger partial charge on any atom is 0.362 e. The van der Waals surface area contributed by atoms with Crippen molar-refractivity contribution in [2.75, 3.05) is 10.6 Å². The molecular weight excluding hydrogens is 416 g/mol. The highest BCUT2D eigenvalue weighted by Crippen LogP contribution is 2.30. The SMILES string of the molecule is CC(=O)Nc1cc(NC(C)=O)cc(S(=O)(=O)c2cccc3c(=O)n(O)c(=O)[nH]c23)c1. The van der Waals surface area contributed by atoms with Gasteiger partial charge in [-0.3, -0.25) is 14.4 Å². The summed E-state index contributed by atoms with van der Waals surface area (Å²) in [5, 5.41) is 14.2. The van der Waals surface area contributed by atoms with Crippen LogP contribution in [0, 0.1) is 0 Å². The van der Waals surface area contributed by atoms with Crippen molar-refractivity contribution >= 4 is 43.9 Å². The molecule has 156 valence electrons. The normalized spacial score (nSPS) is 11.3. The van der Waals surface area contributed by atoms with Gasteiger partial charge in [-0.15, -0.1) is 0 Å². The topological polar surface area (TPSA) is 167 Å². The molecule has 12 heteroatoms. The summed E-state index contributed by atoms with van der Waals surface area (Å²) in [7, 11) is -4.33. The van der Waals surface area contributed by atoms with Crippen LogP contribution >= 0.6 is 0 Å². The molecule has 2 amide bonds. The maximum absolute atomic E-state index is 13.3. The van der Waals surface area contributed by atoms with Crippen LogP contribution in [0.3, 0.4) is 0 Å². The first-order valence-electron chi connectivity index (χ1n) is 8.43. The number of carbonyl (C=O) groups is 2. The first-order valence-corrected chi connectivity index (χ1v) is 9.91. The predicted octanol–water partition coefficient (Wildman–Crippen LogP) is 0.677. The van der Waals surface area contributed by atoms with Gasteiger partial charge in [-0.05, 0) is 30.3 Å². The van der Waals surface area contributed by atoms with E-state index in [0.29, 0.717) is 0 Å². The number of nitrogens with one attached hydrogen (secondary N) is 3. The number of nitrogens with zero attached hydrogens (tertiary/aromatic N) is 1. The van der Waals surface area contributed by atoms with Crippen LogP contribution in [-0.4, -0.2) is 35.2 Å². The lowest BCUT2D eigenvalue weighted by Crippen LogP contribution is -2.33. The Balaban J connectivity index is 2.30. The standard InChI is InChI=1S/C18H16N4O7S/c1-9(23)19-11-6-12(20-10(2)24)8-13(7-11)30(28,29)15-5-3-4-14-16(15)21-18(26)22(27)17(14)25/h3-8,27H,1-2H3,(H,19,23)(H,20,24)(H,21,26). The maximum atomic E-state index is 13.3. The molecule has 0 bridgehead atoms. The van der Waals surface area contributed by atoms with E-state index in [1.807, 2.05) is 0 Å². The van der Waals surface area contributed by atoms with Crippen molar-refractivity contribution < 1.29 is 23.2 Å². The van der Waals surface area contributed by atoms with Gasteiger partial charge in [-0.25, -0.2) is 13.2 Å². The molecule has 1 aromatic heterocycles. The molecule has 0 fully saturated rings. The third-order valence-corrected chi connectivity index (χ3v) is 5.80. The molecule has 11 nitrogen and oxygen atoms in total. The monoisotopic (exact) mass is 432 g/mol. The van der Waals surface area contributed by atoms with Gasteiger partial charge in [0, 0.05) is 25.2 Å². The molecule has 0 saturated carbocycles.